The third-order valence-electron chi connectivity index (χ3n) is 5.15. The van der Waals surface area contributed by atoms with Crippen LogP contribution in [0.3, 0.4) is 0 Å². The first kappa shape index (κ1) is 21.0. The fourth-order valence-corrected chi connectivity index (χ4v) is 3.32. The minimum atomic E-state index is -0.118. The summed E-state index contributed by atoms with van der Waals surface area (Å²) in [5.74, 6) is 2.38. The number of nitrogens with zero attached hydrogens (tertiary/aromatic N) is 4. The van der Waals surface area contributed by atoms with E-state index in [1.165, 1.54) is 0 Å². The van der Waals surface area contributed by atoms with Gasteiger partial charge in [0.1, 0.15) is 17.1 Å². The number of rotatable bonds is 7. The van der Waals surface area contributed by atoms with Crippen LogP contribution in [-0.2, 0) is 0 Å². The van der Waals surface area contributed by atoms with Gasteiger partial charge < -0.3 is 19.9 Å². The van der Waals surface area contributed by atoms with Crippen molar-refractivity contribution in [2.75, 3.05) is 51.3 Å². The summed E-state index contributed by atoms with van der Waals surface area (Å²) < 4.78 is 5.23. The fraction of sp³-hybridized carbons (Fsp3) is 0.500. The highest BCUT2D eigenvalue weighted by Gasteiger charge is 2.24. The standard InChI is InChI=1S/C22H31N5O2/c1-5-26-10-12-27(13-11-26)21-19(22(28)24-14-16(2)3)15-23-20(25-21)17-6-8-18(29-4)9-7-17/h6-9,15-16H,5,10-14H2,1-4H3,(H,24,28). The molecular weight excluding hydrogens is 366 g/mol. The fourth-order valence-electron chi connectivity index (χ4n) is 3.32. The van der Waals surface area contributed by atoms with E-state index >= 15 is 0 Å². The summed E-state index contributed by atoms with van der Waals surface area (Å²) in [5.41, 5.74) is 1.43. The summed E-state index contributed by atoms with van der Waals surface area (Å²) in [5, 5.41) is 3.00. The van der Waals surface area contributed by atoms with E-state index in [1.807, 2.05) is 24.3 Å². The predicted octanol–water partition coefficient (Wildman–Crippen LogP) is 2.68. The lowest BCUT2D eigenvalue weighted by Gasteiger charge is -2.35. The summed E-state index contributed by atoms with van der Waals surface area (Å²) in [6.45, 7) is 11.6. The maximum absolute atomic E-state index is 12.8. The van der Waals surface area contributed by atoms with Gasteiger partial charge in [0, 0.05) is 44.5 Å². The monoisotopic (exact) mass is 397 g/mol. The third-order valence-corrected chi connectivity index (χ3v) is 5.15. The summed E-state index contributed by atoms with van der Waals surface area (Å²) in [6.07, 6.45) is 1.66. The number of carbonyl (C=O) groups excluding carboxylic acids is 1. The molecule has 1 N–H and O–H groups in total. The number of likely N-dealkylation sites (N-methyl/N-ethyl adjacent to an activating group) is 1. The molecule has 29 heavy (non-hydrogen) atoms. The van der Waals surface area contributed by atoms with Crippen molar-refractivity contribution in [2.24, 2.45) is 5.92 Å². The van der Waals surface area contributed by atoms with Gasteiger partial charge in [0.2, 0.25) is 0 Å². The molecule has 2 heterocycles. The van der Waals surface area contributed by atoms with Crippen LogP contribution in [0.2, 0.25) is 0 Å². The average molecular weight is 398 g/mol. The number of amides is 1. The lowest BCUT2D eigenvalue weighted by atomic mass is 10.1. The number of anilines is 1. The van der Waals surface area contributed by atoms with E-state index in [1.54, 1.807) is 13.3 Å². The molecule has 1 aromatic carbocycles. The van der Waals surface area contributed by atoms with Crippen LogP contribution in [0.15, 0.2) is 30.5 Å². The van der Waals surface area contributed by atoms with Crippen LogP contribution in [0.4, 0.5) is 5.82 Å². The van der Waals surface area contributed by atoms with E-state index in [0.29, 0.717) is 29.7 Å². The molecule has 1 fully saturated rings. The van der Waals surface area contributed by atoms with Gasteiger partial charge in [0.15, 0.2) is 5.82 Å². The van der Waals surface area contributed by atoms with Gasteiger partial charge in [0.25, 0.3) is 5.91 Å². The molecule has 0 aliphatic carbocycles. The molecule has 156 valence electrons. The Bertz CT molecular complexity index is 814. The number of ether oxygens (including phenoxy) is 1. The maximum atomic E-state index is 12.8. The quantitative estimate of drug-likeness (QED) is 0.775. The molecule has 1 aliphatic rings. The van der Waals surface area contributed by atoms with Crippen molar-refractivity contribution in [1.29, 1.82) is 0 Å². The second-order valence-electron chi connectivity index (χ2n) is 7.68. The van der Waals surface area contributed by atoms with Crippen molar-refractivity contribution >= 4 is 11.7 Å². The summed E-state index contributed by atoms with van der Waals surface area (Å²) in [4.78, 5) is 26.7. The first-order valence-electron chi connectivity index (χ1n) is 10.3. The molecule has 0 spiro atoms. The molecule has 7 heteroatoms. The number of hydrogen-bond donors (Lipinski definition) is 1. The van der Waals surface area contributed by atoms with Gasteiger partial charge >= 0.3 is 0 Å². The van der Waals surface area contributed by atoms with Crippen molar-refractivity contribution < 1.29 is 9.53 Å². The Morgan fingerprint density at radius 2 is 1.86 bits per heavy atom. The Labute approximate surface area is 173 Å². The molecule has 0 bridgehead atoms. The second-order valence-corrected chi connectivity index (χ2v) is 7.68. The predicted molar refractivity (Wildman–Crippen MR) is 116 cm³/mol. The van der Waals surface area contributed by atoms with Crippen molar-refractivity contribution in [3.63, 3.8) is 0 Å². The summed E-state index contributed by atoms with van der Waals surface area (Å²) in [6, 6.07) is 7.65. The summed E-state index contributed by atoms with van der Waals surface area (Å²) >= 11 is 0. The molecule has 2 aromatic rings. The zero-order chi connectivity index (χ0) is 20.8. The SMILES string of the molecule is CCN1CCN(c2nc(-c3ccc(OC)cc3)ncc2C(=O)NCC(C)C)CC1. The molecule has 1 aromatic heterocycles. The molecule has 0 radical (unpaired) electrons. The molecule has 7 nitrogen and oxygen atoms in total. The van der Waals surface area contributed by atoms with Crippen molar-refractivity contribution in [3.05, 3.63) is 36.0 Å². The number of aromatic nitrogens is 2. The van der Waals surface area contributed by atoms with Crippen LogP contribution in [0, 0.1) is 5.92 Å². The van der Waals surface area contributed by atoms with E-state index in [2.05, 4.69) is 40.9 Å². The number of methoxy groups -OCH3 is 1. The first-order chi connectivity index (χ1) is 14.0. The largest absolute Gasteiger partial charge is 0.497 e. The van der Waals surface area contributed by atoms with Crippen LogP contribution in [0.1, 0.15) is 31.1 Å². The number of benzene rings is 1. The lowest BCUT2D eigenvalue weighted by Crippen LogP contribution is -2.47. The highest BCUT2D eigenvalue weighted by atomic mass is 16.5. The van der Waals surface area contributed by atoms with Crippen LogP contribution >= 0.6 is 0 Å². The highest BCUT2D eigenvalue weighted by Crippen LogP contribution is 2.25. The molecule has 1 amide bonds. The number of nitrogens with one attached hydrogen (secondary N) is 1. The van der Waals surface area contributed by atoms with E-state index < -0.39 is 0 Å². The van der Waals surface area contributed by atoms with Crippen LogP contribution in [0.5, 0.6) is 5.75 Å². The Kier molecular flexibility index (Phi) is 7.04. The molecule has 1 aliphatic heterocycles. The zero-order valence-electron chi connectivity index (χ0n) is 17.8. The van der Waals surface area contributed by atoms with Crippen LogP contribution in [0.25, 0.3) is 11.4 Å². The maximum Gasteiger partial charge on any atom is 0.256 e. The molecule has 0 unspecified atom stereocenters. The van der Waals surface area contributed by atoms with Gasteiger partial charge in [-0.15, -0.1) is 0 Å². The van der Waals surface area contributed by atoms with Gasteiger partial charge in [-0.05, 0) is 36.7 Å². The third kappa shape index (κ3) is 5.23. The van der Waals surface area contributed by atoms with Gasteiger partial charge in [-0.1, -0.05) is 20.8 Å². The van der Waals surface area contributed by atoms with Gasteiger partial charge in [-0.2, -0.15) is 0 Å². The van der Waals surface area contributed by atoms with Gasteiger partial charge in [0.05, 0.1) is 7.11 Å². The van der Waals surface area contributed by atoms with Crippen molar-refractivity contribution in [2.45, 2.75) is 20.8 Å². The molecule has 0 saturated carbocycles. The van der Waals surface area contributed by atoms with Crippen molar-refractivity contribution in [1.82, 2.24) is 20.2 Å². The van der Waals surface area contributed by atoms with E-state index in [-0.39, 0.29) is 5.91 Å². The Balaban J connectivity index is 1.91. The normalized spacial score (nSPS) is 14.9. The Hall–Kier alpha value is -2.67. The Morgan fingerprint density at radius 3 is 2.45 bits per heavy atom. The minimum absolute atomic E-state index is 0.118. The smallest absolute Gasteiger partial charge is 0.256 e. The number of carbonyl (C=O) groups is 1. The molecule has 1 saturated heterocycles. The minimum Gasteiger partial charge on any atom is -0.497 e. The number of hydrogen-bond acceptors (Lipinski definition) is 6. The first-order valence-corrected chi connectivity index (χ1v) is 10.3. The molecule has 3 rings (SSSR count). The van der Waals surface area contributed by atoms with E-state index in [0.717, 1.165) is 44.0 Å². The van der Waals surface area contributed by atoms with E-state index in [9.17, 15) is 4.79 Å². The van der Waals surface area contributed by atoms with Crippen molar-refractivity contribution in [3.8, 4) is 17.1 Å². The second kappa shape index (κ2) is 9.69. The number of piperazine rings is 1. The molecule has 0 atom stereocenters. The molecular formula is C22H31N5O2. The topological polar surface area (TPSA) is 70.6 Å². The van der Waals surface area contributed by atoms with Gasteiger partial charge in [-0.25, -0.2) is 9.97 Å². The zero-order valence-corrected chi connectivity index (χ0v) is 17.8. The lowest BCUT2D eigenvalue weighted by molar-refractivity contribution is 0.0948. The Morgan fingerprint density at radius 1 is 1.17 bits per heavy atom. The van der Waals surface area contributed by atoms with Crippen LogP contribution in [-0.4, -0.2) is 67.2 Å². The highest BCUT2D eigenvalue weighted by molar-refractivity contribution is 5.99. The van der Waals surface area contributed by atoms with Gasteiger partial charge in [-0.3, -0.25) is 4.79 Å². The van der Waals surface area contributed by atoms with Crippen LogP contribution < -0.4 is 15.0 Å². The average Bonchev–Trinajstić information content (AvgIpc) is 2.77. The van der Waals surface area contributed by atoms with E-state index in [4.69, 9.17) is 9.72 Å². The summed E-state index contributed by atoms with van der Waals surface area (Å²) in [7, 11) is 1.64.